The van der Waals surface area contributed by atoms with Crippen LogP contribution in [0.15, 0.2) is 93.9 Å². The van der Waals surface area contributed by atoms with Crippen molar-refractivity contribution < 1.29 is 23.7 Å². The van der Waals surface area contributed by atoms with E-state index in [0.29, 0.717) is 44.6 Å². The number of thiazole rings is 1. The average molecular weight is 675 g/mol. The number of fused-ring (bicyclic) bond motifs is 1. The Balaban J connectivity index is 1.27. The van der Waals surface area contributed by atoms with Crippen molar-refractivity contribution in [1.82, 2.24) is 4.57 Å². The van der Waals surface area contributed by atoms with Crippen LogP contribution in [0.4, 0.5) is 0 Å². The first-order valence-electron chi connectivity index (χ1n) is 15.9. The summed E-state index contributed by atoms with van der Waals surface area (Å²) in [6.07, 6.45) is 6.50. The molecule has 10 heteroatoms. The Morgan fingerprint density at radius 3 is 2.26 bits per heavy atom. The molecule has 0 saturated heterocycles. The predicted octanol–water partition coefficient (Wildman–Crippen LogP) is 6.87. The second kappa shape index (κ2) is 16.5. The van der Waals surface area contributed by atoms with Gasteiger partial charge < -0.3 is 18.9 Å². The average Bonchev–Trinajstić information content (AvgIpc) is 3.37. The molecule has 8 nitrogen and oxygen atoms in total. The van der Waals surface area contributed by atoms with E-state index in [4.69, 9.17) is 30.5 Å². The maximum Gasteiger partial charge on any atom is 0.338 e. The molecule has 3 aromatic carbocycles. The van der Waals surface area contributed by atoms with Crippen LogP contribution in [-0.4, -0.2) is 37.0 Å². The van der Waals surface area contributed by atoms with Crippen molar-refractivity contribution in [3.05, 3.63) is 120 Å². The van der Waals surface area contributed by atoms with Gasteiger partial charge in [-0.3, -0.25) is 9.36 Å². The Morgan fingerprint density at radius 2 is 1.57 bits per heavy atom. The van der Waals surface area contributed by atoms with Crippen LogP contribution in [-0.2, 0) is 9.53 Å². The molecule has 0 bridgehead atoms. The van der Waals surface area contributed by atoms with Crippen LogP contribution in [0.1, 0.15) is 63.6 Å². The first-order valence-corrected chi connectivity index (χ1v) is 17.1. The number of nitrogens with zero attached hydrogens (tertiary/aromatic N) is 2. The summed E-state index contributed by atoms with van der Waals surface area (Å²) in [7, 11) is 0. The number of halogens is 1. The Morgan fingerprint density at radius 1 is 0.894 bits per heavy atom. The van der Waals surface area contributed by atoms with Gasteiger partial charge in [-0.25, -0.2) is 9.79 Å². The largest absolute Gasteiger partial charge is 0.494 e. The summed E-state index contributed by atoms with van der Waals surface area (Å²) >= 11 is 7.42. The van der Waals surface area contributed by atoms with E-state index in [1.165, 1.54) is 30.6 Å². The molecule has 0 saturated carbocycles. The molecule has 4 aromatic rings. The summed E-state index contributed by atoms with van der Waals surface area (Å²) in [5, 5.41) is 0.556. The fraction of sp³-hybridized carbons (Fsp3) is 0.324. The first kappa shape index (κ1) is 34.0. The minimum absolute atomic E-state index is 0.208. The monoisotopic (exact) mass is 674 g/mol. The van der Waals surface area contributed by atoms with Crippen LogP contribution in [0.25, 0.3) is 6.08 Å². The molecule has 0 unspecified atom stereocenters. The number of aromatic nitrogens is 1. The van der Waals surface area contributed by atoms with Crippen molar-refractivity contribution in [2.45, 2.75) is 52.5 Å². The third-order valence-corrected chi connectivity index (χ3v) is 8.80. The molecule has 0 fully saturated rings. The smallest absolute Gasteiger partial charge is 0.338 e. The number of unbranched alkanes of at least 4 members (excludes halogenated alkanes) is 3. The van der Waals surface area contributed by atoms with Crippen molar-refractivity contribution in [2.24, 2.45) is 4.99 Å². The summed E-state index contributed by atoms with van der Waals surface area (Å²) in [4.78, 5) is 32.1. The van der Waals surface area contributed by atoms with E-state index >= 15 is 0 Å². The Labute approximate surface area is 283 Å². The zero-order valence-corrected chi connectivity index (χ0v) is 28.4. The number of rotatable bonds is 15. The second-order valence-electron chi connectivity index (χ2n) is 11.0. The van der Waals surface area contributed by atoms with E-state index in [9.17, 15) is 9.59 Å². The van der Waals surface area contributed by atoms with Crippen molar-refractivity contribution in [3.63, 3.8) is 0 Å². The number of ether oxygens (including phenoxy) is 4. The Kier molecular flexibility index (Phi) is 11.9. The normalized spacial score (nSPS) is 14.4. The molecule has 5 rings (SSSR count). The summed E-state index contributed by atoms with van der Waals surface area (Å²) < 4.78 is 25.0. The number of carbonyl (C=O) groups is 1. The molecule has 47 heavy (non-hydrogen) atoms. The number of carbonyl (C=O) groups excluding carboxylic acids is 1. The SMILES string of the molecule is CCCCCCOc1ccc(OCCOc2cccc(/C=c3/sc4n(c3=O)[C@H](c3ccc(Cl)cc3)C(C(=O)OCC)=C(C)N=4)c2)cc1. The molecular formula is C37H39ClN2O6S. The zero-order valence-electron chi connectivity index (χ0n) is 26.9. The van der Waals surface area contributed by atoms with Gasteiger partial charge in [-0.1, -0.05) is 73.4 Å². The number of benzene rings is 3. The van der Waals surface area contributed by atoms with E-state index in [1.807, 2.05) is 66.7 Å². The summed E-state index contributed by atoms with van der Waals surface area (Å²) in [5.74, 6) is 1.73. The number of allylic oxidation sites excluding steroid dienone is 1. The van der Waals surface area contributed by atoms with E-state index in [2.05, 4.69) is 11.9 Å². The first-order chi connectivity index (χ1) is 22.9. The van der Waals surface area contributed by atoms with Gasteiger partial charge in [0.25, 0.3) is 5.56 Å². The van der Waals surface area contributed by atoms with Crippen LogP contribution >= 0.6 is 22.9 Å². The minimum atomic E-state index is -0.696. The van der Waals surface area contributed by atoms with Gasteiger partial charge in [0.15, 0.2) is 4.80 Å². The minimum Gasteiger partial charge on any atom is -0.494 e. The molecule has 0 radical (unpaired) electrons. The van der Waals surface area contributed by atoms with Crippen LogP contribution in [0.2, 0.25) is 5.02 Å². The van der Waals surface area contributed by atoms with Crippen molar-refractivity contribution in [3.8, 4) is 17.2 Å². The van der Waals surface area contributed by atoms with E-state index in [-0.39, 0.29) is 12.2 Å². The highest BCUT2D eigenvalue weighted by molar-refractivity contribution is 7.07. The molecule has 0 aliphatic carbocycles. The second-order valence-corrected chi connectivity index (χ2v) is 12.4. The molecule has 246 valence electrons. The molecular weight excluding hydrogens is 636 g/mol. The summed E-state index contributed by atoms with van der Waals surface area (Å²) in [6, 6.07) is 21.5. The van der Waals surface area contributed by atoms with Crippen molar-refractivity contribution in [2.75, 3.05) is 26.4 Å². The summed E-state index contributed by atoms with van der Waals surface area (Å²) in [6.45, 7) is 7.35. The molecule has 1 atom stereocenters. The van der Waals surface area contributed by atoms with Gasteiger partial charge in [-0.15, -0.1) is 0 Å². The third-order valence-electron chi connectivity index (χ3n) is 7.57. The summed E-state index contributed by atoms with van der Waals surface area (Å²) in [5.41, 5.74) is 2.11. The number of hydrogen-bond acceptors (Lipinski definition) is 8. The van der Waals surface area contributed by atoms with Crippen LogP contribution < -0.4 is 29.1 Å². The van der Waals surface area contributed by atoms with Gasteiger partial charge >= 0.3 is 5.97 Å². The Hall–Kier alpha value is -4.34. The molecule has 1 aliphatic rings. The molecule has 1 aliphatic heterocycles. The van der Waals surface area contributed by atoms with Gasteiger partial charge in [-0.05, 0) is 86.0 Å². The highest BCUT2D eigenvalue weighted by Crippen LogP contribution is 2.31. The maximum atomic E-state index is 13.9. The van der Waals surface area contributed by atoms with Gasteiger partial charge in [0, 0.05) is 5.02 Å². The van der Waals surface area contributed by atoms with Gasteiger partial charge in [0.05, 0.1) is 35.1 Å². The van der Waals surface area contributed by atoms with Crippen molar-refractivity contribution in [1.29, 1.82) is 0 Å². The third kappa shape index (κ3) is 8.73. The lowest BCUT2D eigenvalue weighted by atomic mass is 9.96. The molecule has 2 heterocycles. The van der Waals surface area contributed by atoms with Crippen LogP contribution in [0.5, 0.6) is 17.2 Å². The number of hydrogen-bond donors (Lipinski definition) is 0. The standard InChI is InChI=1S/C37H39ClN2O6S/c1-4-6-7-8-20-44-29-16-18-30(19-17-29)45-21-22-46-31-11-9-10-26(23-31)24-32-35(41)40-34(27-12-14-28(38)15-13-27)33(36(42)43-5-2)25(3)39-37(40)47-32/h9-19,23-24,34H,4-8,20-22H2,1-3H3/b32-24+/t34-/m1/s1. The lowest BCUT2D eigenvalue weighted by Gasteiger charge is -2.24. The Bertz CT molecular complexity index is 1880. The highest BCUT2D eigenvalue weighted by atomic mass is 35.5. The quantitative estimate of drug-likeness (QED) is 0.101. The van der Waals surface area contributed by atoms with Crippen molar-refractivity contribution >= 4 is 35.0 Å². The molecule has 0 amide bonds. The van der Waals surface area contributed by atoms with Crippen LogP contribution in [0, 0.1) is 0 Å². The van der Waals surface area contributed by atoms with E-state index < -0.39 is 12.0 Å². The van der Waals surface area contributed by atoms with Gasteiger partial charge in [-0.2, -0.15) is 0 Å². The predicted molar refractivity (Wildman–Crippen MR) is 185 cm³/mol. The fourth-order valence-electron chi connectivity index (χ4n) is 5.27. The highest BCUT2D eigenvalue weighted by Gasteiger charge is 2.33. The maximum absolute atomic E-state index is 13.9. The molecule has 1 aromatic heterocycles. The lowest BCUT2D eigenvalue weighted by molar-refractivity contribution is -0.139. The topological polar surface area (TPSA) is 88.4 Å². The zero-order chi connectivity index (χ0) is 33.2. The van der Waals surface area contributed by atoms with E-state index in [1.54, 1.807) is 30.5 Å². The van der Waals surface area contributed by atoms with Gasteiger partial charge in [0.2, 0.25) is 0 Å². The fourth-order valence-corrected chi connectivity index (χ4v) is 6.44. The van der Waals surface area contributed by atoms with Gasteiger partial charge in [0.1, 0.15) is 30.5 Å². The van der Waals surface area contributed by atoms with E-state index in [0.717, 1.165) is 35.7 Å². The van der Waals surface area contributed by atoms with Crippen LogP contribution in [0.3, 0.4) is 0 Å². The molecule has 0 N–H and O–H groups in total. The number of esters is 1. The lowest BCUT2D eigenvalue weighted by Crippen LogP contribution is -2.39. The molecule has 0 spiro atoms.